The molecule has 3 heterocycles. The van der Waals surface area contributed by atoms with E-state index < -0.39 is 0 Å². The number of aryl methyl sites for hydroxylation is 2. The number of piperazine rings is 1. The monoisotopic (exact) mass is 479 g/mol. The Balaban J connectivity index is 1.13. The van der Waals surface area contributed by atoms with Crippen LogP contribution in [0.4, 0.5) is 0 Å². The van der Waals surface area contributed by atoms with Crippen LogP contribution in [0.1, 0.15) is 16.3 Å². The average molecular weight is 480 g/mol. The summed E-state index contributed by atoms with van der Waals surface area (Å²) in [5.41, 5.74) is 2.22. The molecule has 0 saturated carbocycles. The Hall–Kier alpha value is -2.75. The van der Waals surface area contributed by atoms with E-state index in [9.17, 15) is 4.79 Å². The number of hydrogen-bond donors (Lipinski definition) is 0. The van der Waals surface area contributed by atoms with E-state index >= 15 is 0 Å². The summed E-state index contributed by atoms with van der Waals surface area (Å²) in [4.78, 5) is 22.4. The fourth-order valence-corrected chi connectivity index (χ4v) is 5.64. The Morgan fingerprint density at radius 3 is 2.64 bits per heavy atom. The van der Waals surface area contributed by atoms with Gasteiger partial charge in [-0.2, -0.15) is 0 Å². The lowest BCUT2D eigenvalue weighted by atomic mass is 10.0. The average Bonchev–Trinajstić information content (AvgIpc) is 3.43. The lowest BCUT2D eigenvalue weighted by Gasteiger charge is -2.34. The summed E-state index contributed by atoms with van der Waals surface area (Å²) in [7, 11) is 0. The van der Waals surface area contributed by atoms with Gasteiger partial charge >= 0.3 is 0 Å². The molecule has 0 bridgehead atoms. The fourth-order valence-electron chi connectivity index (χ4n) is 4.13. The summed E-state index contributed by atoms with van der Waals surface area (Å²) in [6, 6.07) is 15.0. The third kappa shape index (κ3) is 4.95. The molecule has 0 aliphatic carbocycles. The second-order valence-electron chi connectivity index (χ2n) is 8.10. The highest BCUT2D eigenvalue weighted by atomic mass is 32.2. The molecule has 33 heavy (non-hydrogen) atoms. The van der Waals surface area contributed by atoms with Gasteiger partial charge in [-0.1, -0.05) is 54.2 Å². The van der Waals surface area contributed by atoms with Gasteiger partial charge in [0.15, 0.2) is 0 Å². The van der Waals surface area contributed by atoms with Crippen LogP contribution in [0.5, 0.6) is 0 Å². The van der Waals surface area contributed by atoms with E-state index in [-0.39, 0.29) is 5.91 Å². The predicted octanol–water partition coefficient (Wildman–Crippen LogP) is 4.40. The van der Waals surface area contributed by atoms with Crippen molar-refractivity contribution in [2.24, 2.45) is 0 Å². The summed E-state index contributed by atoms with van der Waals surface area (Å²) < 4.78 is 5.75. The van der Waals surface area contributed by atoms with Gasteiger partial charge in [0.1, 0.15) is 4.88 Å². The Labute approximate surface area is 200 Å². The molecular weight excluding hydrogens is 454 g/mol. The van der Waals surface area contributed by atoms with Crippen molar-refractivity contribution >= 4 is 39.8 Å². The maximum absolute atomic E-state index is 12.7. The molecule has 4 aromatic rings. The molecule has 1 fully saturated rings. The molecule has 170 valence electrons. The fraction of sp³-hybridized carbons (Fsp3) is 0.333. The normalized spacial score (nSPS) is 14.8. The standard InChI is InChI=1S/C24H25N5O2S2/c1-16-22(33-17(2)25-16)23-26-27-24(31-23)32-15-21(30)29-12-10-28(11-13-29)14-19-8-5-7-18-6-3-4-9-20(18)19/h3-9H,10-15H2,1-2H3. The Morgan fingerprint density at radius 1 is 1.06 bits per heavy atom. The zero-order chi connectivity index (χ0) is 22.8. The number of fused-ring (bicyclic) bond motifs is 1. The van der Waals surface area contributed by atoms with Gasteiger partial charge in [0, 0.05) is 32.7 Å². The van der Waals surface area contributed by atoms with E-state index in [1.807, 2.05) is 18.7 Å². The van der Waals surface area contributed by atoms with Gasteiger partial charge in [0.2, 0.25) is 5.91 Å². The molecule has 2 aromatic carbocycles. The van der Waals surface area contributed by atoms with Crippen LogP contribution in [-0.4, -0.2) is 62.8 Å². The number of aromatic nitrogens is 3. The number of rotatable bonds is 6. The molecule has 0 N–H and O–H groups in total. The van der Waals surface area contributed by atoms with Gasteiger partial charge in [0.25, 0.3) is 11.1 Å². The minimum atomic E-state index is 0.106. The Morgan fingerprint density at radius 2 is 1.85 bits per heavy atom. The van der Waals surface area contributed by atoms with Crippen LogP contribution in [-0.2, 0) is 11.3 Å². The first-order valence-electron chi connectivity index (χ1n) is 10.9. The van der Waals surface area contributed by atoms with Gasteiger partial charge in [-0.05, 0) is 30.2 Å². The molecule has 1 aliphatic heterocycles. The molecule has 9 heteroatoms. The quantitative estimate of drug-likeness (QED) is 0.380. The van der Waals surface area contributed by atoms with E-state index in [0.29, 0.717) is 16.9 Å². The number of carbonyl (C=O) groups is 1. The molecule has 5 rings (SSSR count). The van der Waals surface area contributed by atoms with Crippen LogP contribution in [0, 0.1) is 13.8 Å². The molecule has 1 amide bonds. The van der Waals surface area contributed by atoms with Gasteiger partial charge in [-0.3, -0.25) is 9.69 Å². The van der Waals surface area contributed by atoms with E-state index in [0.717, 1.165) is 48.3 Å². The summed E-state index contributed by atoms with van der Waals surface area (Å²) in [6.07, 6.45) is 0. The van der Waals surface area contributed by atoms with Crippen molar-refractivity contribution in [2.45, 2.75) is 25.6 Å². The summed E-state index contributed by atoms with van der Waals surface area (Å²) in [6.45, 7) is 7.99. The van der Waals surface area contributed by atoms with E-state index in [2.05, 4.69) is 62.5 Å². The van der Waals surface area contributed by atoms with E-state index in [4.69, 9.17) is 4.42 Å². The molecule has 0 unspecified atom stereocenters. The molecule has 1 saturated heterocycles. The van der Waals surface area contributed by atoms with Gasteiger partial charge in [0.05, 0.1) is 16.5 Å². The van der Waals surface area contributed by atoms with Crippen molar-refractivity contribution in [3.8, 4) is 10.8 Å². The second-order valence-corrected chi connectivity index (χ2v) is 10.2. The number of hydrogen-bond acceptors (Lipinski definition) is 8. The Kier molecular flexibility index (Phi) is 6.43. The van der Waals surface area contributed by atoms with Gasteiger partial charge in [-0.15, -0.1) is 21.5 Å². The van der Waals surface area contributed by atoms with Crippen LogP contribution < -0.4 is 0 Å². The molecule has 0 radical (unpaired) electrons. The van der Waals surface area contributed by atoms with Gasteiger partial charge < -0.3 is 9.32 Å². The highest BCUT2D eigenvalue weighted by molar-refractivity contribution is 7.99. The third-order valence-corrected chi connectivity index (χ3v) is 7.69. The zero-order valence-corrected chi connectivity index (χ0v) is 20.3. The number of carbonyl (C=O) groups excluding carboxylic acids is 1. The highest BCUT2D eigenvalue weighted by Crippen LogP contribution is 2.30. The van der Waals surface area contributed by atoms with Crippen molar-refractivity contribution in [2.75, 3.05) is 31.9 Å². The molecule has 1 aliphatic rings. The smallest absolute Gasteiger partial charge is 0.277 e. The summed E-state index contributed by atoms with van der Waals surface area (Å²) in [5, 5.41) is 12.2. The maximum Gasteiger partial charge on any atom is 0.277 e. The number of thioether (sulfide) groups is 1. The highest BCUT2D eigenvalue weighted by Gasteiger charge is 2.23. The van der Waals surface area contributed by atoms with Crippen molar-refractivity contribution in [3.63, 3.8) is 0 Å². The van der Waals surface area contributed by atoms with Crippen molar-refractivity contribution in [1.29, 1.82) is 0 Å². The third-order valence-electron chi connectivity index (χ3n) is 5.82. The minimum absolute atomic E-state index is 0.106. The topological polar surface area (TPSA) is 75.4 Å². The van der Waals surface area contributed by atoms with Crippen LogP contribution >= 0.6 is 23.1 Å². The van der Waals surface area contributed by atoms with Crippen LogP contribution in [0.3, 0.4) is 0 Å². The second kappa shape index (κ2) is 9.62. The lowest BCUT2D eigenvalue weighted by Crippen LogP contribution is -2.48. The number of amides is 1. The van der Waals surface area contributed by atoms with Crippen LogP contribution in [0.2, 0.25) is 0 Å². The first-order chi connectivity index (χ1) is 16.1. The molecule has 0 atom stereocenters. The first-order valence-corrected chi connectivity index (χ1v) is 12.7. The molecule has 0 spiro atoms. The predicted molar refractivity (Wildman–Crippen MR) is 131 cm³/mol. The van der Waals surface area contributed by atoms with Crippen molar-refractivity contribution in [3.05, 3.63) is 58.7 Å². The minimum Gasteiger partial charge on any atom is -0.410 e. The number of nitrogens with zero attached hydrogens (tertiary/aromatic N) is 5. The number of benzene rings is 2. The Bertz CT molecular complexity index is 1270. The van der Waals surface area contributed by atoms with E-state index in [1.165, 1.54) is 39.4 Å². The lowest BCUT2D eigenvalue weighted by molar-refractivity contribution is -0.130. The van der Waals surface area contributed by atoms with Crippen molar-refractivity contribution < 1.29 is 9.21 Å². The maximum atomic E-state index is 12.7. The van der Waals surface area contributed by atoms with Crippen LogP contribution in [0.15, 0.2) is 52.1 Å². The number of thiazole rings is 1. The molecular formula is C24H25N5O2S2. The van der Waals surface area contributed by atoms with Crippen molar-refractivity contribution in [1.82, 2.24) is 25.0 Å². The summed E-state index contributed by atoms with van der Waals surface area (Å²) >= 11 is 2.83. The summed E-state index contributed by atoms with van der Waals surface area (Å²) in [5.74, 6) is 0.871. The van der Waals surface area contributed by atoms with E-state index in [1.54, 1.807) is 0 Å². The van der Waals surface area contributed by atoms with Gasteiger partial charge in [-0.25, -0.2) is 4.98 Å². The van der Waals surface area contributed by atoms with Crippen LogP contribution in [0.25, 0.3) is 21.5 Å². The first kappa shape index (κ1) is 22.1. The largest absolute Gasteiger partial charge is 0.410 e. The zero-order valence-electron chi connectivity index (χ0n) is 18.7. The molecule has 7 nitrogen and oxygen atoms in total. The SMILES string of the molecule is Cc1nc(C)c(-c2nnc(SCC(=O)N3CCN(Cc4cccc5ccccc45)CC3)o2)s1. The molecule has 2 aromatic heterocycles.